The zero-order valence-electron chi connectivity index (χ0n) is 11.7. The van der Waals surface area contributed by atoms with E-state index >= 15 is 0 Å². The summed E-state index contributed by atoms with van der Waals surface area (Å²) in [5.74, 6) is -0.979. The smallest absolute Gasteiger partial charge is 0.263 e. The van der Waals surface area contributed by atoms with E-state index in [4.69, 9.17) is 12.2 Å². The fourth-order valence-corrected chi connectivity index (χ4v) is 1.95. The molecule has 0 bridgehead atoms. The number of benzene rings is 1. The fourth-order valence-electron chi connectivity index (χ4n) is 1.77. The van der Waals surface area contributed by atoms with Crippen molar-refractivity contribution < 1.29 is 9.59 Å². The Morgan fingerprint density at radius 2 is 1.62 bits per heavy atom. The maximum Gasteiger partial charge on any atom is 0.263 e. The van der Waals surface area contributed by atoms with Gasteiger partial charge in [0, 0.05) is 19.8 Å². The van der Waals surface area contributed by atoms with Crippen LogP contribution in [0, 0.1) is 0 Å². The Kier molecular flexibility index (Phi) is 4.49. The highest BCUT2D eigenvalue weighted by molar-refractivity contribution is 7.80. The minimum atomic E-state index is -0.489. The number of hydrogen-bond donors (Lipinski definition) is 2. The van der Waals surface area contributed by atoms with Crippen LogP contribution in [-0.4, -0.2) is 31.0 Å². The van der Waals surface area contributed by atoms with Crippen LogP contribution in [0.5, 0.6) is 0 Å². The van der Waals surface area contributed by atoms with Crippen LogP contribution in [0.4, 0.5) is 5.69 Å². The van der Waals surface area contributed by atoms with Crippen LogP contribution in [0.1, 0.15) is 5.56 Å². The molecule has 2 N–H and O–H groups in total. The molecule has 1 saturated heterocycles. The van der Waals surface area contributed by atoms with Gasteiger partial charge in [0.05, 0.1) is 0 Å². The molecule has 1 aromatic rings. The van der Waals surface area contributed by atoms with Gasteiger partial charge >= 0.3 is 0 Å². The monoisotopic (exact) mass is 301 g/mol. The van der Waals surface area contributed by atoms with E-state index in [9.17, 15) is 9.59 Å². The van der Waals surface area contributed by atoms with E-state index in [0.29, 0.717) is 0 Å². The lowest BCUT2D eigenvalue weighted by atomic mass is 10.1. The first-order chi connectivity index (χ1) is 9.97. The summed E-state index contributed by atoms with van der Waals surface area (Å²) in [6, 6.07) is 7.90. The second-order valence-electron chi connectivity index (χ2n) is 4.66. The average molecular weight is 301 g/mol. The molecule has 1 aromatic carbocycles. The Bertz CT molecular complexity index is 623. The molecule has 1 aliphatic heterocycles. The summed E-state index contributed by atoms with van der Waals surface area (Å²) in [6.07, 6.45) is 4.94. The van der Waals surface area contributed by atoms with Crippen LogP contribution in [0.25, 0.3) is 6.08 Å². The number of nitrogens with zero attached hydrogens (tertiary/aromatic N) is 1. The highest BCUT2D eigenvalue weighted by Gasteiger charge is 2.24. The molecular weight excluding hydrogens is 286 g/mol. The summed E-state index contributed by atoms with van der Waals surface area (Å²) in [4.78, 5) is 25.2. The molecule has 6 heteroatoms. The van der Waals surface area contributed by atoms with Gasteiger partial charge in [-0.15, -0.1) is 0 Å². The number of carbonyl (C=O) groups is 2. The normalized spacial score (nSPS) is 15.0. The number of thiocarbonyl (C=S) groups is 1. The summed E-state index contributed by atoms with van der Waals surface area (Å²) in [5.41, 5.74) is 2.11. The van der Waals surface area contributed by atoms with Gasteiger partial charge in [0.1, 0.15) is 5.57 Å². The molecule has 0 atom stereocenters. The first-order valence-corrected chi connectivity index (χ1v) is 6.70. The molecule has 2 rings (SSSR count). The van der Waals surface area contributed by atoms with Gasteiger partial charge in [-0.3, -0.25) is 20.2 Å². The Balaban J connectivity index is 2.10. The van der Waals surface area contributed by atoms with Crippen LogP contribution < -0.4 is 15.5 Å². The van der Waals surface area contributed by atoms with Crippen molar-refractivity contribution in [3.8, 4) is 0 Å². The van der Waals surface area contributed by atoms with Gasteiger partial charge in [0.15, 0.2) is 5.11 Å². The molecule has 0 saturated carbocycles. The quantitative estimate of drug-likeness (QED) is 0.501. The third-order valence-electron chi connectivity index (χ3n) is 2.90. The second kappa shape index (κ2) is 6.32. The molecule has 0 spiro atoms. The van der Waals surface area contributed by atoms with E-state index in [2.05, 4.69) is 10.6 Å². The summed E-state index contributed by atoms with van der Waals surface area (Å²) in [7, 11) is 3.94. The lowest BCUT2D eigenvalue weighted by Crippen LogP contribution is -2.51. The summed E-state index contributed by atoms with van der Waals surface area (Å²) in [6.45, 7) is 0. The van der Waals surface area contributed by atoms with Crippen molar-refractivity contribution in [1.82, 2.24) is 10.6 Å². The average Bonchev–Trinajstić information content (AvgIpc) is 2.42. The third-order valence-corrected chi connectivity index (χ3v) is 3.11. The van der Waals surface area contributed by atoms with Gasteiger partial charge in [-0.25, -0.2) is 0 Å². The fraction of sp³-hybridized carbons (Fsp3) is 0.133. The van der Waals surface area contributed by atoms with E-state index in [0.717, 1.165) is 11.3 Å². The molecule has 1 fully saturated rings. The van der Waals surface area contributed by atoms with Crippen LogP contribution in [0.3, 0.4) is 0 Å². The van der Waals surface area contributed by atoms with Crippen molar-refractivity contribution in [2.75, 3.05) is 19.0 Å². The van der Waals surface area contributed by atoms with Crippen LogP contribution >= 0.6 is 12.2 Å². The first kappa shape index (κ1) is 14.9. The summed E-state index contributed by atoms with van der Waals surface area (Å²) < 4.78 is 0. The van der Waals surface area contributed by atoms with Crippen LogP contribution in [0.15, 0.2) is 42.0 Å². The summed E-state index contributed by atoms with van der Waals surface area (Å²) >= 11 is 4.72. The van der Waals surface area contributed by atoms with E-state index in [-0.39, 0.29) is 10.7 Å². The lowest BCUT2D eigenvalue weighted by molar-refractivity contribution is -0.123. The van der Waals surface area contributed by atoms with Crippen LogP contribution in [0.2, 0.25) is 0 Å². The molecule has 21 heavy (non-hydrogen) atoms. The molecule has 5 nitrogen and oxygen atoms in total. The minimum Gasteiger partial charge on any atom is -0.378 e. The number of anilines is 1. The largest absolute Gasteiger partial charge is 0.378 e. The number of nitrogens with one attached hydrogen (secondary N) is 2. The number of carbonyl (C=O) groups excluding carboxylic acids is 2. The van der Waals surface area contributed by atoms with Gasteiger partial charge in [0.25, 0.3) is 11.8 Å². The molecule has 0 aromatic heterocycles. The maximum atomic E-state index is 11.6. The molecule has 1 aliphatic rings. The minimum absolute atomic E-state index is 0.0322. The molecule has 108 valence electrons. The second-order valence-corrected chi connectivity index (χ2v) is 5.07. The summed E-state index contributed by atoms with van der Waals surface area (Å²) in [5, 5.41) is 4.80. The zero-order valence-corrected chi connectivity index (χ0v) is 12.5. The SMILES string of the molecule is CN(C)c1ccc(/C=C/C=C2C(=O)NC(=S)NC2=O)cc1. The predicted molar refractivity (Wildman–Crippen MR) is 86.8 cm³/mol. The maximum absolute atomic E-state index is 11.6. The Hall–Kier alpha value is -2.47. The van der Waals surface area contributed by atoms with E-state index in [1.54, 1.807) is 6.08 Å². The number of rotatable bonds is 3. The highest BCUT2D eigenvalue weighted by Crippen LogP contribution is 2.13. The third kappa shape index (κ3) is 3.76. The zero-order chi connectivity index (χ0) is 15.4. The van der Waals surface area contributed by atoms with Crippen molar-refractivity contribution in [3.05, 3.63) is 47.6 Å². The topological polar surface area (TPSA) is 61.4 Å². The van der Waals surface area contributed by atoms with E-state index < -0.39 is 11.8 Å². The molecule has 0 radical (unpaired) electrons. The molecule has 2 amide bonds. The molecule has 0 aliphatic carbocycles. The molecule has 0 unspecified atom stereocenters. The molecule has 1 heterocycles. The van der Waals surface area contributed by atoms with Gasteiger partial charge in [-0.1, -0.05) is 24.3 Å². The van der Waals surface area contributed by atoms with E-state index in [1.807, 2.05) is 49.3 Å². The number of amides is 2. The van der Waals surface area contributed by atoms with E-state index in [1.165, 1.54) is 6.08 Å². The number of allylic oxidation sites excluding steroid dienone is 2. The van der Waals surface area contributed by atoms with Gasteiger partial charge in [-0.05, 0) is 36.0 Å². The standard InChI is InChI=1S/C15H15N3O2S/c1-18(2)11-8-6-10(7-9-11)4-3-5-12-13(19)16-15(21)17-14(12)20/h3-9H,1-2H3,(H2,16,17,19,20,21)/b4-3+. The van der Waals surface area contributed by atoms with Crippen molar-refractivity contribution in [2.45, 2.75) is 0 Å². The Labute approximate surface area is 128 Å². The molecular formula is C15H15N3O2S. The van der Waals surface area contributed by atoms with Crippen molar-refractivity contribution in [1.29, 1.82) is 0 Å². The predicted octanol–water partition coefficient (Wildman–Crippen LogP) is 1.22. The van der Waals surface area contributed by atoms with Gasteiger partial charge < -0.3 is 4.90 Å². The Morgan fingerprint density at radius 3 is 2.14 bits per heavy atom. The highest BCUT2D eigenvalue weighted by atomic mass is 32.1. The lowest BCUT2D eigenvalue weighted by Gasteiger charge is -2.15. The van der Waals surface area contributed by atoms with Crippen molar-refractivity contribution in [3.63, 3.8) is 0 Å². The van der Waals surface area contributed by atoms with Gasteiger partial charge in [-0.2, -0.15) is 0 Å². The Morgan fingerprint density at radius 1 is 1.05 bits per heavy atom. The number of hydrogen-bond acceptors (Lipinski definition) is 4. The van der Waals surface area contributed by atoms with Crippen molar-refractivity contribution in [2.24, 2.45) is 0 Å². The first-order valence-electron chi connectivity index (χ1n) is 6.30. The van der Waals surface area contributed by atoms with Crippen molar-refractivity contribution >= 4 is 40.9 Å². The van der Waals surface area contributed by atoms with Crippen LogP contribution in [-0.2, 0) is 9.59 Å². The van der Waals surface area contributed by atoms with Gasteiger partial charge in [0.2, 0.25) is 0 Å².